The monoisotopic (exact) mass is 452 g/mol. The van der Waals surface area contributed by atoms with E-state index < -0.39 is 17.8 Å². The lowest BCUT2D eigenvalue weighted by molar-refractivity contribution is -0.137. The maximum Gasteiger partial charge on any atom is 0.417 e. The summed E-state index contributed by atoms with van der Waals surface area (Å²) in [6.45, 7) is 1.71. The van der Waals surface area contributed by atoms with Gasteiger partial charge in [-0.05, 0) is 48.4 Å². The standard InChI is InChI=1S/C25H19F3N2O3/c1-15(31)21-13-30(24(29-21)19-4-2-3-5-20(19)25(26,27)28)18-9-6-16(7-10-18)17-8-11-22-23(12-17)33-14-32-22/h2-13,15,31H,14H2,1H3. The van der Waals surface area contributed by atoms with E-state index in [1.165, 1.54) is 25.1 Å². The van der Waals surface area contributed by atoms with Crippen molar-refractivity contribution < 1.29 is 27.8 Å². The number of fused-ring (bicyclic) bond motifs is 1. The maximum atomic E-state index is 13.7. The van der Waals surface area contributed by atoms with E-state index in [1.807, 2.05) is 30.3 Å². The Bertz CT molecular complexity index is 1310. The van der Waals surface area contributed by atoms with Gasteiger partial charge in [0, 0.05) is 17.4 Å². The van der Waals surface area contributed by atoms with E-state index in [9.17, 15) is 18.3 Å². The lowest BCUT2D eigenvalue weighted by Gasteiger charge is -2.14. The number of benzene rings is 3. The molecule has 0 aliphatic carbocycles. The minimum absolute atomic E-state index is 0.0586. The van der Waals surface area contributed by atoms with Crippen LogP contribution in [0.15, 0.2) is 72.9 Å². The summed E-state index contributed by atoms with van der Waals surface area (Å²) in [5.74, 6) is 1.46. The van der Waals surface area contributed by atoms with E-state index in [0.29, 0.717) is 17.2 Å². The van der Waals surface area contributed by atoms with Gasteiger partial charge in [-0.15, -0.1) is 0 Å². The van der Waals surface area contributed by atoms with Gasteiger partial charge in [0.1, 0.15) is 5.82 Å². The number of aliphatic hydroxyl groups is 1. The summed E-state index contributed by atoms with van der Waals surface area (Å²) < 4.78 is 53.3. The molecule has 0 radical (unpaired) electrons. The number of hydrogen-bond donors (Lipinski definition) is 1. The number of halogens is 3. The van der Waals surface area contributed by atoms with Gasteiger partial charge in [0.15, 0.2) is 11.5 Å². The molecule has 0 spiro atoms. The molecule has 8 heteroatoms. The van der Waals surface area contributed by atoms with Crippen LogP contribution in [0.4, 0.5) is 13.2 Å². The van der Waals surface area contributed by atoms with Crippen LogP contribution in [0.3, 0.4) is 0 Å². The molecule has 0 fully saturated rings. The number of rotatable bonds is 4. The number of aromatic nitrogens is 2. The highest BCUT2D eigenvalue weighted by atomic mass is 19.4. The van der Waals surface area contributed by atoms with Crippen molar-refractivity contribution in [2.24, 2.45) is 0 Å². The number of aliphatic hydroxyl groups excluding tert-OH is 1. The maximum absolute atomic E-state index is 13.7. The van der Waals surface area contributed by atoms with Gasteiger partial charge < -0.3 is 14.6 Å². The van der Waals surface area contributed by atoms with E-state index in [0.717, 1.165) is 17.2 Å². The molecule has 1 aliphatic rings. The molecule has 4 aromatic rings. The van der Waals surface area contributed by atoms with Crippen LogP contribution in [-0.4, -0.2) is 21.5 Å². The summed E-state index contributed by atoms with van der Waals surface area (Å²) in [5, 5.41) is 10.0. The van der Waals surface area contributed by atoms with Crippen LogP contribution in [0.1, 0.15) is 24.3 Å². The fourth-order valence-electron chi connectivity index (χ4n) is 3.80. The molecular weight excluding hydrogens is 433 g/mol. The first-order valence-electron chi connectivity index (χ1n) is 10.3. The summed E-state index contributed by atoms with van der Waals surface area (Å²) >= 11 is 0. The van der Waals surface area contributed by atoms with E-state index in [1.54, 1.807) is 22.9 Å². The molecule has 0 saturated carbocycles. The van der Waals surface area contributed by atoms with Crippen LogP contribution in [0.2, 0.25) is 0 Å². The smallest absolute Gasteiger partial charge is 0.417 e. The van der Waals surface area contributed by atoms with Gasteiger partial charge in [-0.2, -0.15) is 13.2 Å². The third-order valence-electron chi connectivity index (χ3n) is 5.48. The summed E-state index contributed by atoms with van der Waals surface area (Å²) in [7, 11) is 0. The Morgan fingerprint density at radius 3 is 2.36 bits per heavy atom. The molecule has 1 N–H and O–H groups in total. The van der Waals surface area contributed by atoms with Crippen LogP contribution in [0.5, 0.6) is 11.5 Å². The van der Waals surface area contributed by atoms with Crippen molar-refractivity contribution in [2.45, 2.75) is 19.2 Å². The molecule has 2 heterocycles. The lowest BCUT2D eigenvalue weighted by Crippen LogP contribution is -2.09. The van der Waals surface area contributed by atoms with Crippen LogP contribution < -0.4 is 9.47 Å². The van der Waals surface area contributed by atoms with E-state index in [-0.39, 0.29) is 23.9 Å². The van der Waals surface area contributed by atoms with E-state index >= 15 is 0 Å². The number of hydrogen-bond acceptors (Lipinski definition) is 4. The van der Waals surface area contributed by atoms with Crippen molar-refractivity contribution in [3.63, 3.8) is 0 Å². The first-order chi connectivity index (χ1) is 15.8. The average Bonchev–Trinajstić information content (AvgIpc) is 3.45. The van der Waals surface area contributed by atoms with Crippen molar-refractivity contribution in [1.29, 1.82) is 0 Å². The molecule has 3 aromatic carbocycles. The summed E-state index contributed by atoms with van der Waals surface area (Å²) in [4.78, 5) is 4.33. The van der Waals surface area contributed by atoms with Crippen molar-refractivity contribution in [1.82, 2.24) is 9.55 Å². The third kappa shape index (κ3) is 3.93. The van der Waals surface area contributed by atoms with Crippen molar-refractivity contribution >= 4 is 0 Å². The van der Waals surface area contributed by atoms with Gasteiger partial charge >= 0.3 is 6.18 Å². The van der Waals surface area contributed by atoms with Crippen LogP contribution in [-0.2, 0) is 6.18 Å². The summed E-state index contributed by atoms with van der Waals surface area (Å²) in [6, 6.07) is 18.3. The first-order valence-corrected chi connectivity index (χ1v) is 10.3. The minimum atomic E-state index is -4.54. The topological polar surface area (TPSA) is 56.5 Å². The predicted molar refractivity (Wildman–Crippen MR) is 116 cm³/mol. The zero-order valence-electron chi connectivity index (χ0n) is 17.5. The van der Waals surface area contributed by atoms with Crippen molar-refractivity contribution in [3.8, 4) is 39.7 Å². The molecule has 1 aromatic heterocycles. The molecule has 0 amide bonds. The molecule has 1 atom stereocenters. The van der Waals surface area contributed by atoms with E-state index in [2.05, 4.69) is 4.98 Å². The second-order valence-corrected chi connectivity index (χ2v) is 7.69. The number of ether oxygens (including phenoxy) is 2. The van der Waals surface area contributed by atoms with E-state index in [4.69, 9.17) is 9.47 Å². The second kappa shape index (κ2) is 7.97. The van der Waals surface area contributed by atoms with Crippen molar-refractivity contribution in [3.05, 3.63) is 84.2 Å². The number of imidazole rings is 1. The Hall–Kier alpha value is -3.78. The molecule has 168 valence electrons. The highest BCUT2D eigenvalue weighted by Gasteiger charge is 2.34. The quantitative estimate of drug-likeness (QED) is 0.412. The van der Waals surface area contributed by atoms with Crippen LogP contribution in [0, 0.1) is 0 Å². The van der Waals surface area contributed by atoms with Gasteiger partial charge in [0.25, 0.3) is 0 Å². The number of nitrogens with zero attached hydrogens (tertiary/aromatic N) is 2. The summed E-state index contributed by atoms with van der Waals surface area (Å²) in [6.07, 6.45) is -3.92. The fourth-order valence-corrected chi connectivity index (χ4v) is 3.80. The molecule has 5 nitrogen and oxygen atoms in total. The average molecular weight is 452 g/mol. The van der Waals surface area contributed by atoms with Crippen LogP contribution >= 0.6 is 0 Å². The molecule has 1 aliphatic heterocycles. The molecule has 0 bridgehead atoms. The van der Waals surface area contributed by atoms with Crippen LogP contribution in [0.25, 0.3) is 28.2 Å². The van der Waals surface area contributed by atoms with Gasteiger partial charge in [-0.25, -0.2) is 4.98 Å². The van der Waals surface area contributed by atoms with Gasteiger partial charge in [-0.1, -0.05) is 36.4 Å². The lowest BCUT2D eigenvalue weighted by atomic mass is 10.0. The molecule has 5 rings (SSSR count). The predicted octanol–water partition coefficient (Wildman–Crippen LogP) is 6.01. The largest absolute Gasteiger partial charge is 0.454 e. The second-order valence-electron chi connectivity index (χ2n) is 7.69. The minimum Gasteiger partial charge on any atom is -0.454 e. The third-order valence-corrected chi connectivity index (χ3v) is 5.48. The van der Waals surface area contributed by atoms with Gasteiger partial charge in [0.05, 0.1) is 17.4 Å². The zero-order chi connectivity index (χ0) is 23.2. The SMILES string of the molecule is CC(O)c1cn(-c2ccc(-c3ccc4c(c3)OCO4)cc2)c(-c2ccccc2C(F)(F)F)n1. The molecule has 0 saturated heterocycles. The Morgan fingerprint density at radius 1 is 0.939 bits per heavy atom. The first kappa shape index (κ1) is 21.1. The number of alkyl halides is 3. The Balaban J connectivity index is 1.58. The fraction of sp³-hybridized carbons (Fsp3) is 0.160. The van der Waals surface area contributed by atoms with Gasteiger partial charge in [-0.3, -0.25) is 4.57 Å². The Morgan fingerprint density at radius 2 is 1.64 bits per heavy atom. The molecular formula is C25H19F3N2O3. The molecule has 33 heavy (non-hydrogen) atoms. The highest BCUT2D eigenvalue weighted by molar-refractivity contribution is 5.70. The Labute approximate surface area is 187 Å². The normalized spacial score (nSPS) is 13.8. The molecule has 1 unspecified atom stereocenters. The Kier molecular flexibility index (Phi) is 5.09. The zero-order valence-corrected chi connectivity index (χ0v) is 17.5. The van der Waals surface area contributed by atoms with Crippen molar-refractivity contribution in [2.75, 3.05) is 6.79 Å². The summed E-state index contributed by atoms with van der Waals surface area (Å²) in [5.41, 5.74) is 1.88. The highest BCUT2D eigenvalue weighted by Crippen LogP contribution is 2.39. The van der Waals surface area contributed by atoms with Gasteiger partial charge in [0.2, 0.25) is 6.79 Å².